The number of hydrogen-bond donors (Lipinski definition) is 1. The lowest BCUT2D eigenvalue weighted by Crippen LogP contribution is -2.05. The lowest BCUT2D eigenvalue weighted by Gasteiger charge is -2.07. The quantitative estimate of drug-likeness (QED) is 0.517. The number of hydrogen-bond acceptors (Lipinski definition) is 5. The predicted octanol–water partition coefficient (Wildman–Crippen LogP) is 3.42. The Balaban J connectivity index is 2.04. The number of esters is 1. The van der Waals surface area contributed by atoms with Gasteiger partial charge in [0.2, 0.25) is 0 Å². The van der Waals surface area contributed by atoms with Gasteiger partial charge in [-0.25, -0.2) is 4.79 Å². The number of nitro benzene ring substituents is 1. The number of halogens is 1. The number of carbonyl (C=O) groups is 1. The van der Waals surface area contributed by atoms with Crippen molar-refractivity contribution in [3.8, 4) is 5.75 Å². The minimum atomic E-state index is -0.674. The third-order valence-electron chi connectivity index (χ3n) is 2.70. The Morgan fingerprint density at radius 1 is 1.24 bits per heavy atom. The Hall–Kier alpha value is -2.41. The van der Waals surface area contributed by atoms with Crippen LogP contribution in [0.3, 0.4) is 0 Å². The van der Waals surface area contributed by atoms with Gasteiger partial charge in [-0.2, -0.15) is 0 Å². The van der Waals surface area contributed by atoms with E-state index in [0.29, 0.717) is 10.0 Å². The summed E-state index contributed by atoms with van der Waals surface area (Å²) >= 11 is 3.20. The lowest BCUT2D eigenvalue weighted by molar-refractivity contribution is -0.384. The third kappa shape index (κ3) is 3.79. The molecule has 108 valence electrons. The maximum atomic E-state index is 11.9. The van der Waals surface area contributed by atoms with Crippen LogP contribution in [0.15, 0.2) is 46.9 Å². The number of nitro groups is 1. The normalized spacial score (nSPS) is 10.1. The van der Waals surface area contributed by atoms with Gasteiger partial charge in [0.1, 0.15) is 17.9 Å². The second-order valence-corrected chi connectivity index (χ2v) is 5.08. The average Bonchev–Trinajstić information content (AvgIpc) is 2.47. The molecule has 0 saturated carbocycles. The van der Waals surface area contributed by atoms with Gasteiger partial charge in [-0.15, -0.1) is 0 Å². The molecule has 0 radical (unpaired) electrons. The zero-order valence-electron chi connectivity index (χ0n) is 10.7. The van der Waals surface area contributed by atoms with E-state index < -0.39 is 10.9 Å². The first-order valence-electron chi connectivity index (χ1n) is 5.86. The molecule has 0 aliphatic rings. The van der Waals surface area contributed by atoms with Crippen LogP contribution < -0.4 is 0 Å². The van der Waals surface area contributed by atoms with Gasteiger partial charge in [0.15, 0.2) is 0 Å². The zero-order chi connectivity index (χ0) is 15.4. The summed E-state index contributed by atoms with van der Waals surface area (Å²) in [5, 5.41) is 20.1. The van der Waals surface area contributed by atoms with E-state index in [4.69, 9.17) is 4.74 Å². The minimum absolute atomic E-state index is 0.0327. The van der Waals surface area contributed by atoms with Crippen LogP contribution in [0.5, 0.6) is 5.75 Å². The Morgan fingerprint density at radius 3 is 2.52 bits per heavy atom. The first-order valence-corrected chi connectivity index (χ1v) is 6.65. The van der Waals surface area contributed by atoms with Gasteiger partial charge in [-0.3, -0.25) is 10.1 Å². The molecule has 0 amide bonds. The molecule has 2 aromatic rings. The van der Waals surface area contributed by atoms with Gasteiger partial charge in [-0.05, 0) is 35.9 Å². The molecule has 2 rings (SSSR count). The number of nitrogens with zero attached hydrogens (tertiary/aromatic N) is 1. The van der Waals surface area contributed by atoms with Gasteiger partial charge in [0.25, 0.3) is 5.69 Å². The molecule has 0 spiro atoms. The second-order valence-electron chi connectivity index (χ2n) is 4.16. The van der Waals surface area contributed by atoms with Gasteiger partial charge in [-0.1, -0.05) is 15.9 Å². The summed E-state index contributed by atoms with van der Waals surface area (Å²) in [6, 6.07) is 10.1. The predicted molar refractivity (Wildman–Crippen MR) is 78.0 cm³/mol. The van der Waals surface area contributed by atoms with E-state index >= 15 is 0 Å². The van der Waals surface area contributed by atoms with Crippen LogP contribution in [0.2, 0.25) is 0 Å². The van der Waals surface area contributed by atoms with Gasteiger partial charge in [0, 0.05) is 16.6 Å². The fourth-order valence-corrected chi connectivity index (χ4v) is 1.97. The number of benzene rings is 2. The Bertz CT molecular complexity index is 684. The summed E-state index contributed by atoms with van der Waals surface area (Å²) in [6.07, 6.45) is 0. The lowest BCUT2D eigenvalue weighted by atomic mass is 10.2. The Kier molecular flexibility index (Phi) is 4.54. The number of phenolic OH excluding ortho intramolecular Hbond substituents is 1. The Morgan fingerprint density at radius 2 is 1.90 bits per heavy atom. The molecule has 1 N–H and O–H groups in total. The molecule has 0 aromatic heterocycles. The van der Waals surface area contributed by atoms with Crippen LogP contribution >= 0.6 is 15.9 Å². The number of phenols is 1. The van der Waals surface area contributed by atoms with E-state index in [9.17, 15) is 20.0 Å². The number of ether oxygens (including phenoxy) is 1. The van der Waals surface area contributed by atoms with E-state index in [0.717, 1.165) is 0 Å². The second kappa shape index (κ2) is 6.36. The fourth-order valence-electron chi connectivity index (χ4n) is 1.61. The number of non-ortho nitro benzene ring substituents is 1. The molecule has 7 heteroatoms. The maximum absolute atomic E-state index is 11.9. The van der Waals surface area contributed by atoms with Crippen molar-refractivity contribution in [2.45, 2.75) is 6.61 Å². The summed E-state index contributed by atoms with van der Waals surface area (Å²) in [7, 11) is 0. The molecule has 6 nitrogen and oxygen atoms in total. The fraction of sp³-hybridized carbons (Fsp3) is 0.0714. The van der Waals surface area contributed by atoms with Crippen LogP contribution in [-0.4, -0.2) is 16.0 Å². The third-order valence-corrected chi connectivity index (χ3v) is 3.19. The summed E-state index contributed by atoms with van der Waals surface area (Å²) in [5.41, 5.74) is 0.629. The highest BCUT2D eigenvalue weighted by Gasteiger charge is 2.13. The smallest absolute Gasteiger partial charge is 0.342 e. The molecule has 0 bridgehead atoms. The van der Waals surface area contributed by atoms with Gasteiger partial charge < -0.3 is 9.84 Å². The van der Waals surface area contributed by atoms with E-state index in [1.807, 2.05) is 0 Å². The van der Waals surface area contributed by atoms with Crippen LogP contribution in [0.1, 0.15) is 15.9 Å². The van der Waals surface area contributed by atoms with Crippen molar-refractivity contribution in [1.29, 1.82) is 0 Å². The topological polar surface area (TPSA) is 89.7 Å². The number of aromatic hydroxyl groups is 1. The molecule has 0 atom stereocenters. The minimum Gasteiger partial charge on any atom is -0.507 e. The van der Waals surface area contributed by atoms with Crippen LogP contribution in [0, 0.1) is 10.1 Å². The van der Waals surface area contributed by atoms with E-state index in [1.165, 1.54) is 36.4 Å². The highest BCUT2D eigenvalue weighted by molar-refractivity contribution is 9.10. The van der Waals surface area contributed by atoms with Crippen molar-refractivity contribution in [1.82, 2.24) is 0 Å². The summed E-state index contributed by atoms with van der Waals surface area (Å²) < 4.78 is 5.70. The molecular weight excluding hydrogens is 342 g/mol. The van der Waals surface area contributed by atoms with Crippen molar-refractivity contribution in [2.24, 2.45) is 0 Å². The zero-order valence-corrected chi connectivity index (χ0v) is 12.2. The van der Waals surface area contributed by atoms with E-state index in [1.54, 1.807) is 6.07 Å². The Labute approximate surface area is 128 Å². The average molecular weight is 352 g/mol. The number of rotatable bonds is 4. The van der Waals surface area contributed by atoms with Crippen LogP contribution in [0.25, 0.3) is 0 Å². The first kappa shape index (κ1) is 15.0. The monoisotopic (exact) mass is 351 g/mol. The summed E-state index contributed by atoms with van der Waals surface area (Å²) in [5.74, 6) is -0.848. The summed E-state index contributed by atoms with van der Waals surface area (Å²) in [4.78, 5) is 21.9. The molecule has 0 saturated heterocycles. The molecule has 21 heavy (non-hydrogen) atoms. The van der Waals surface area contributed by atoms with E-state index in [-0.39, 0.29) is 23.6 Å². The molecule has 0 aliphatic carbocycles. The first-order chi connectivity index (χ1) is 9.97. The van der Waals surface area contributed by atoms with E-state index in [2.05, 4.69) is 15.9 Å². The summed E-state index contributed by atoms with van der Waals surface area (Å²) in [6.45, 7) is -0.0389. The standard InChI is InChI=1S/C14H10BrNO5/c15-10-3-6-13(17)12(7-10)14(18)21-8-9-1-4-11(5-2-9)16(19)20/h1-7,17H,8H2. The van der Waals surface area contributed by atoms with Crippen LogP contribution in [-0.2, 0) is 11.3 Å². The van der Waals surface area contributed by atoms with Crippen LogP contribution in [0.4, 0.5) is 5.69 Å². The molecule has 0 fully saturated rings. The SMILES string of the molecule is O=C(OCc1ccc([N+](=O)[O-])cc1)c1cc(Br)ccc1O. The van der Waals surface area contributed by atoms with Crippen molar-refractivity contribution < 1.29 is 19.6 Å². The van der Waals surface area contributed by atoms with Gasteiger partial charge >= 0.3 is 5.97 Å². The molecular formula is C14H10BrNO5. The van der Waals surface area contributed by atoms with Crippen molar-refractivity contribution in [2.75, 3.05) is 0 Å². The maximum Gasteiger partial charge on any atom is 0.342 e. The van der Waals surface area contributed by atoms with Gasteiger partial charge in [0.05, 0.1) is 4.92 Å². The highest BCUT2D eigenvalue weighted by Crippen LogP contribution is 2.23. The molecule has 0 unspecified atom stereocenters. The van der Waals surface area contributed by atoms with Crippen molar-refractivity contribution in [3.63, 3.8) is 0 Å². The van der Waals surface area contributed by atoms with Crippen molar-refractivity contribution >= 4 is 27.6 Å². The molecule has 0 aliphatic heterocycles. The molecule has 0 heterocycles. The number of carbonyl (C=O) groups excluding carboxylic acids is 1. The van der Waals surface area contributed by atoms with Crippen molar-refractivity contribution in [3.05, 3.63) is 68.2 Å². The largest absolute Gasteiger partial charge is 0.507 e. The highest BCUT2D eigenvalue weighted by atomic mass is 79.9. The molecule has 2 aromatic carbocycles.